The van der Waals surface area contributed by atoms with Crippen LogP contribution in [0.3, 0.4) is 0 Å². The minimum absolute atomic E-state index is 0.517. The van der Waals surface area contributed by atoms with Crippen LogP contribution >= 0.6 is 23.1 Å². The van der Waals surface area contributed by atoms with Crippen molar-refractivity contribution in [3.05, 3.63) is 30.1 Å². The first kappa shape index (κ1) is 14.2. The van der Waals surface area contributed by atoms with Gasteiger partial charge in [-0.2, -0.15) is 0 Å². The fourth-order valence-electron chi connectivity index (χ4n) is 2.82. The fourth-order valence-corrected chi connectivity index (χ4v) is 4.79. The quantitative estimate of drug-likeness (QED) is 0.799. The number of thiazole rings is 1. The van der Waals surface area contributed by atoms with Crippen LogP contribution in [0.2, 0.25) is 0 Å². The molecule has 1 aromatic carbocycles. The smallest absolute Gasteiger partial charge is 0.198 e. The standard InChI is InChI=1S/C15H17N5S2/c1-20-13(10-6-8-16-9-7-10)18-19-14(20)22-15-17-11-4-2-3-5-12(11)21-15/h2-5,10,16H,6-9H2,1H3. The van der Waals surface area contributed by atoms with Crippen molar-refractivity contribution < 1.29 is 0 Å². The SMILES string of the molecule is Cn1c(Sc2nc3ccccc3s2)nnc1C1CCNCC1. The normalized spacial score (nSPS) is 16.4. The first-order chi connectivity index (χ1) is 10.8. The molecule has 1 N–H and O–H groups in total. The van der Waals surface area contributed by atoms with Crippen LogP contribution in [0.15, 0.2) is 33.8 Å². The molecule has 0 bridgehead atoms. The summed E-state index contributed by atoms with van der Waals surface area (Å²) >= 11 is 3.31. The van der Waals surface area contributed by atoms with E-state index in [4.69, 9.17) is 0 Å². The number of piperidine rings is 1. The van der Waals surface area contributed by atoms with Crippen molar-refractivity contribution in [1.82, 2.24) is 25.1 Å². The third kappa shape index (κ3) is 2.64. The van der Waals surface area contributed by atoms with Gasteiger partial charge in [0.25, 0.3) is 0 Å². The van der Waals surface area contributed by atoms with Gasteiger partial charge >= 0.3 is 0 Å². The predicted molar refractivity (Wildman–Crippen MR) is 89.6 cm³/mol. The maximum Gasteiger partial charge on any atom is 0.198 e. The molecule has 0 aliphatic carbocycles. The predicted octanol–water partition coefficient (Wildman–Crippen LogP) is 3.04. The van der Waals surface area contributed by atoms with E-state index in [-0.39, 0.29) is 0 Å². The molecule has 0 atom stereocenters. The molecule has 0 amide bonds. The van der Waals surface area contributed by atoms with Gasteiger partial charge < -0.3 is 9.88 Å². The van der Waals surface area contributed by atoms with Gasteiger partial charge in [0.05, 0.1) is 10.2 Å². The number of para-hydroxylation sites is 1. The van der Waals surface area contributed by atoms with Gasteiger partial charge in [0, 0.05) is 13.0 Å². The maximum atomic E-state index is 4.66. The molecular formula is C15H17N5S2. The number of fused-ring (bicyclic) bond motifs is 1. The monoisotopic (exact) mass is 331 g/mol. The van der Waals surface area contributed by atoms with Gasteiger partial charge in [-0.25, -0.2) is 4.98 Å². The van der Waals surface area contributed by atoms with Crippen LogP contribution in [0, 0.1) is 0 Å². The molecule has 7 heteroatoms. The van der Waals surface area contributed by atoms with Gasteiger partial charge in [0.15, 0.2) is 9.50 Å². The molecule has 0 radical (unpaired) electrons. The van der Waals surface area contributed by atoms with Crippen LogP contribution in [-0.4, -0.2) is 32.8 Å². The number of hydrogen-bond acceptors (Lipinski definition) is 6. The highest BCUT2D eigenvalue weighted by Crippen LogP contribution is 2.34. The fraction of sp³-hybridized carbons (Fsp3) is 0.400. The Morgan fingerprint density at radius 2 is 2.05 bits per heavy atom. The van der Waals surface area contributed by atoms with Crippen molar-refractivity contribution >= 4 is 33.3 Å². The van der Waals surface area contributed by atoms with Gasteiger partial charge in [-0.3, -0.25) is 0 Å². The number of hydrogen-bond donors (Lipinski definition) is 1. The van der Waals surface area contributed by atoms with Gasteiger partial charge in [-0.05, 0) is 49.8 Å². The summed E-state index contributed by atoms with van der Waals surface area (Å²) in [4.78, 5) is 4.66. The molecule has 1 fully saturated rings. The molecule has 0 saturated carbocycles. The van der Waals surface area contributed by atoms with Crippen molar-refractivity contribution in [2.45, 2.75) is 28.3 Å². The zero-order valence-electron chi connectivity index (χ0n) is 12.3. The number of benzene rings is 1. The van der Waals surface area contributed by atoms with E-state index >= 15 is 0 Å². The Hall–Kier alpha value is -1.44. The van der Waals surface area contributed by atoms with E-state index in [1.165, 1.54) is 4.70 Å². The summed E-state index contributed by atoms with van der Waals surface area (Å²) in [7, 11) is 2.06. The van der Waals surface area contributed by atoms with Crippen molar-refractivity contribution in [2.24, 2.45) is 7.05 Å². The minimum atomic E-state index is 0.517. The molecule has 114 valence electrons. The first-order valence-corrected chi connectivity index (χ1v) is 9.08. The topological polar surface area (TPSA) is 55.6 Å². The molecule has 2 aromatic heterocycles. The minimum Gasteiger partial charge on any atom is -0.317 e. The number of aromatic nitrogens is 4. The molecule has 22 heavy (non-hydrogen) atoms. The van der Waals surface area contributed by atoms with Crippen molar-refractivity contribution in [2.75, 3.05) is 13.1 Å². The summed E-state index contributed by atoms with van der Waals surface area (Å²) in [6.07, 6.45) is 2.27. The van der Waals surface area contributed by atoms with Crippen LogP contribution in [0.4, 0.5) is 0 Å². The summed E-state index contributed by atoms with van der Waals surface area (Å²) < 4.78 is 4.37. The van der Waals surface area contributed by atoms with E-state index in [2.05, 4.69) is 38.2 Å². The molecule has 1 aliphatic heterocycles. The van der Waals surface area contributed by atoms with E-state index in [0.29, 0.717) is 5.92 Å². The highest BCUT2D eigenvalue weighted by atomic mass is 32.2. The molecule has 1 saturated heterocycles. The van der Waals surface area contributed by atoms with Crippen LogP contribution in [0.1, 0.15) is 24.6 Å². The lowest BCUT2D eigenvalue weighted by molar-refractivity contribution is 0.434. The molecule has 4 rings (SSSR count). The van der Waals surface area contributed by atoms with E-state index < -0.39 is 0 Å². The summed E-state index contributed by atoms with van der Waals surface area (Å²) in [6, 6.07) is 8.22. The Labute approximate surface area is 137 Å². The number of nitrogens with zero attached hydrogens (tertiary/aromatic N) is 4. The average molecular weight is 331 g/mol. The van der Waals surface area contributed by atoms with Crippen LogP contribution in [0.25, 0.3) is 10.2 Å². The molecule has 3 aromatic rings. The number of nitrogens with one attached hydrogen (secondary N) is 1. The first-order valence-electron chi connectivity index (χ1n) is 7.44. The van der Waals surface area contributed by atoms with E-state index in [9.17, 15) is 0 Å². The summed E-state index contributed by atoms with van der Waals surface area (Å²) in [5.41, 5.74) is 1.05. The third-order valence-electron chi connectivity index (χ3n) is 4.03. The van der Waals surface area contributed by atoms with E-state index in [0.717, 1.165) is 46.8 Å². The van der Waals surface area contributed by atoms with Crippen LogP contribution in [-0.2, 0) is 7.05 Å². The van der Waals surface area contributed by atoms with E-state index in [1.807, 2.05) is 18.2 Å². The van der Waals surface area contributed by atoms with Crippen molar-refractivity contribution in [1.29, 1.82) is 0 Å². The zero-order chi connectivity index (χ0) is 14.9. The maximum absolute atomic E-state index is 4.66. The Bertz CT molecular complexity index is 755. The Kier molecular flexibility index (Phi) is 3.85. The lowest BCUT2D eigenvalue weighted by Gasteiger charge is -2.21. The van der Waals surface area contributed by atoms with Crippen LogP contribution < -0.4 is 5.32 Å². The lowest BCUT2D eigenvalue weighted by Crippen LogP contribution is -2.27. The van der Waals surface area contributed by atoms with Gasteiger partial charge in [-0.1, -0.05) is 12.1 Å². The summed E-state index contributed by atoms with van der Waals surface area (Å²) in [6.45, 7) is 2.13. The van der Waals surface area contributed by atoms with E-state index in [1.54, 1.807) is 23.1 Å². The van der Waals surface area contributed by atoms with Gasteiger partial charge in [0.2, 0.25) is 0 Å². The summed E-state index contributed by atoms with van der Waals surface area (Å²) in [5, 5.41) is 13.1. The van der Waals surface area contributed by atoms with Crippen molar-refractivity contribution in [3.8, 4) is 0 Å². The molecule has 0 spiro atoms. The van der Waals surface area contributed by atoms with Crippen molar-refractivity contribution in [3.63, 3.8) is 0 Å². The molecule has 5 nitrogen and oxygen atoms in total. The Balaban J connectivity index is 1.59. The van der Waals surface area contributed by atoms with Crippen LogP contribution in [0.5, 0.6) is 0 Å². The Morgan fingerprint density at radius 1 is 1.23 bits per heavy atom. The second-order valence-electron chi connectivity index (χ2n) is 5.47. The second-order valence-corrected chi connectivity index (χ2v) is 7.72. The largest absolute Gasteiger partial charge is 0.317 e. The Morgan fingerprint density at radius 3 is 2.86 bits per heavy atom. The van der Waals surface area contributed by atoms with Gasteiger partial charge in [0.1, 0.15) is 5.82 Å². The molecule has 3 heterocycles. The lowest BCUT2D eigenvalue weighted by atomic mass is 9.97. The van der Waals surface area contributed by atoms with Gasteiger partial charge in [-0.15, -0.1) is 21.5 Å². The second kappa shape index (κ2) is 5.98. The summed E-state index contributed by atoms with van der Waals surface area (Å²) in [5.74, 6) is 1.62. The third-order valence-corrected chi connectivity index (χ3v) is 6.16. The zero-order valence-corrected chi connectivity index (χ0v) is 14.0. The molecule has 1 aliphatic rings. The highest BCUT2D eigenvalue weighted by molar-refractivity contribution is 8.01. The molecule has 0 unspecified atom stereocenters. The number of rotatable bonds is 3. The molecular weight excluding hydrogens is 314 g/mol. The highest BCUT2D eigenvalue weighted by Gasteiger charge is 2.22. The average Bonchev–Trinajstić information content (AvgIpc) is 3.12.